The van der Waals surface area contributed by atoms with Crippen molar-refractivity contribution in [1.29, 1.82) is 0 Å². The molecule has 25 heavy (non-hydrogen) atoms. The molecular weight excluding hydrogens is 362 g/mol. The molecule has 0 saturated heterocycles. The highest BCUT2D eigenvalue weighted by molar-refractivity contribution is 7.90. The molecule has 0 fully saturated rings. The van der Waals surface area contributed by atoms with Crippen LogP contribution in [0, 0.1) is 0 Å². The lowest BCUT2D eigenvalue weighted by Gasteiger charge is -2.10. The molecule has 0 unspecified atom stereocenters. The van der Waals surface area contributed by atoms with Gasteiger partial charge in [0.1, 0.15) is 0 Å². The van der Waals surface area contributed by atoms with Gasteiger partial charge in [0, 0.05) is 18.2 Å². The highest BCUT2D eigenvalue weighted by atomic mass is 32.2. The number of anilines is 1. The van der Waals surface area contributed by atoms with Crippen LogP contribution in [0.4, 0.5) is 5.69 Å². The van der Waals surface area contributed by atoms with Gasteiger partial charge >= 0.3 is 0 Å². The molecule has 7 nitrogen and oxygen atoms in total. The van der Waals surface area contributed by atoms with Gasteiger partial charge in [-0.3, -0.25) is 14.9 Å². The Hall–Kier alpha value is -2.78. The third-order valence-corrected chi connectivity index (χ3v) is 4.62. The highest BCUT2D eigenvalue weighted by Crippen LogP contribution is 2.14. The Morgan fingerprint density at radius 2 is 1.56 bits per heavy atom. The topological polar surface area (TPSA) is 104 Å². The summed E-state index contributed by atoms with van der Waals surface area (Å²) in [7, 11) is -3.89. The van der Waals surface area contributed by atoms with Gasteiger partial charge in [-0.25, -0.2) is 13.1 Å². The molecule has 0 heterocycles. The second-order valence-corrected chi connectivity index (χ2v) is 7.05. The van der Waals surface area contributed by atoms with E-state index in [0.717, 1.165) is 6.92 Å². The van der Waals surface area contributed by atoms with Crippen molar-refractivity contribution in [2.45, 2.75) is 11.8 Å². The summed E-state index contributed by atoms with van der Waals surface area (Å²) in [6.45, 7) is 1.11. The maximum absolute atomic E-state index is 12.0. The zero-order valence-corrected chi connectivity index (χ0v) is 14.8. The van der Waals surface area contributed by atoms with Crippen LogP contribution in [-0.2, 0) is 14.8 Å². The second-order valence-electron chi connectivity index (χ2n) is 4.96. The smallest absolute Gasteiger partial charge is 0.264 e. The van der Waals surface area contributed by atoms with Gasteiger partial charge in [0.05, 0.1) is 4.90 Å². The minimum Gasteiger partial charge on any atom is -0.332 e. The van der Waals surface area contributed by atoms with Crippen LogP contribution in [0.5, 0.6) is 0 Å². The van der Waals surface area contributed by atoms with E-state index in [-0.39, 0.29) is 15.9 Å². The van der Waals surface area contributed by atoms with Crippen LogP contribution in [0.15, 0.2) is 59.5 Å². The summed E-state index contributed by atoms with van der Waals surface area (Å²) >= 11 is 5.06. The van der Waals surface area contributed by atoms with Crippen LogP contribution in [0.2, 0.25) is 0 Å². The van der Waals surface area contributed by atoms with Crippen LogP contribution in [0.25, 0.3) is 0 Å². The van der Waals surface area contributed by atoms with Crippen molar-refractivity contribution in [1.82, 2.24) is 10.0 Å². The Morgan fingerprint density at radius 3 is 2.12 bits per heavy atom. The number of hydrogen-bond donors (Lipinski definition) is 3. The number of carbonyl (C=O) groups is 2. The summed E-state index contributed by atoms with van der Waals surface area (Å²) < 4.78 is 25.6. The monoisotopic (exact) mass is 377 g/mol. The molecule has 0 spiro atoms. The molecule has 0 saturated carbocycles. The molecular formula is C16H15N3O4S2. The Balaban J connectivity index is 2.00. The Kier molecular flexibility index (Phi) is 5.84. The van der Waals surface area contributed by atoms with Crippen molar-refractivity contribution in [2.75, 3.05) is 5.32 Å². The van der Waals surface area contributed by atoms with Gasteiger partial charge in [-0.1, -0.05) is 18.2 Å². The molecule has 0 radical (unpaired) electrons. The van der Waals surface area contributed by atoms with E-state index < -0.39 is 15.9 Å². The average molecular weight is 377 g/mol. The van der Waals surface area contributed by atoms with E-state index in [9.17, 15) is 18.0 Å². The summed E-state index contributed by atoms with van der Waals surface area (Å²) in [6, 6.07) is 14.1. The Bertz CT molecular complexity index is 895. The first kappa shape index (κ1) is 18.6. The molecule has 0 aliphatic carbocycles. The van der Waals surface area contributed by atoms with E-state index in [1.165, 1.54) is 24.3 Å². The van der Waals surface area contributed by atoms with Crippen LogP contribution >= 0.6 is 12.2 Å². The molecule has 2 aromatic carbocycles. The maximum Gasteiger partial charge on any atom is 0.264 e. The van der Waals surface area contributed by atoms with E-state index in [0.29, 0.717) is 11.3 Å². The van der Waals surface area contributed by atoms with E-state index in [1.807, 2.05) is 4.72 Å². The van der Waals surface area contributed by atoms with Crippen molar-refractivity contribution < 1.29 is 18.0 Å². The van der Waals surface area contributed by atoms with Gasteiger partial charge in [-0.2, -0.15) is 0 Å². The molecule has 2 rings (SSSR count). The van der Waals surface area contributed by atoms with Crippen molar-refractivity contribution >= 4 is 44.9 Å². The zero-order chi connectivity index (χ0) is 18.4. The third-order valence-electron chi connectivity index (χ3n) is 2.96. The SMILES string of the molecule is CC(=O)NS(=O)(=O)c1ccc(NC(=S)NC(=O)c2ccccc2)cc1. The number of sulfonamides is 1. The fourth-order valence-corrected chi connectivity index (χ4v) is 3.09. The zero-order valence-electron chi connectivity index (χ0n) is 13.1. The Morgan fingerprint density at radius 1 is 0.960 bits per heavy atom. The van der Waals surface area contributed by atoms with Gasteiger partial charge in [-0.15, -0.1) is 0 Å². The lowest BCUT2D eigenvalue weighted by molar-refractivity contribution is -0.117. The fraction of sp³-hybridized carbons (Fsp3) is 0.0625. The van der Waals surface area contributed by atoms with Crippen LogP contribution < -0.4 is 15.4 Å². The number of benzene rings is 2. The summed E-state index contributed by atoms with van der Waals surface area (Å²) in [5, 5.41) is 5.38. The molecule has 130 valence electrons. The number of rotatable bonds is 4. The van der Waals surface area contributed by atoms with E-state index in [4.69, 9.17) is 12.2 Å². The number of nitrogens with one attached hydrogen (secondary N) is 3. The van der Waals surface area contributed by atoms with E-state index >= 15 is 0 Å². The van der Waals surface area contributed by atoms with Gasteiger partial charge in [0.15, 0.2) is 5.11 Å². The molecule has 9 heteroatoms. The highest BCUT2D eigenvalue weighted by Gasteiger charge is 2.15. The Labute approximate surface area is 150 Å². The standard InChI is InChI=1S/C16H15N3O4S2/c1-11(20)19-25(22,23)14-9-7-13(8-10-14)17-16(24)18-15(21)12-5-3-2-4-6-12/h2-10H,1H3,(H,19,20)(H2,17,18,21,24). The lowest BCUT2D eigenvalue weighted by Crippen LogP contribution is -2.34. The van der Waals surface area contributed by atoms with Gasteiger partial charge in [0.2, 0.25) is 5.91 Å². The van der Waals surface area contributed by atoms with Crippen LogP contribution in [0.3, 0.4) is 0 Å². The normalized spacial score (nSPS) is 10.6. The fourth-order valence-electron chi connectivity index (χ4n) is 1.89. The molecule has 0 aliphatic heterocycles. The molecule has 0 aliphatic rings. The molecule has 0 aromatic heterocycles. The number of carbonyl (C=O) groups excluding carboxylic acids is 2. The predicted octanol–water partition coefficient (Wildman–Crippen LogP) is 1.64. The number of hydrogen-bond acceptors (Lipinski definition) is 5. The maximum atomic E-state index is 12.0. The average Bonchev–Trinajstić information content (AvgIpc) is 2.55. The van der Waals surface area contributed by atoms with E-state index in [2.05, 4.69) is 10.6 Å². The first-order chi connectivity index (χ1) is 11.8. The summed E-state index contributed by atoms with van der Waals surface area (Å²) in [6.07, 6.45) is 0. The largest absolute Gasteiger partial charge is 0.332 e. The summed E-state index contributed by atoms with van der Waals surface area (Å²) in [5.41, 5.74) is 0.948. The van der Waals surface area contributed by atoms with E-state index in [1.54, 1.807) is 30.3 Å². The molecule has 3 N–H and O–H groups in total. The number of thiocarbonyl (C=S) groups is 1. The van der Waals surface area contributed by atoms with Gasteiger partial charge in [-0.05, 0) is 48.6 Å². The van der Waals surface area contributed by atoms with Gasteiger partial charge in [0.25, 0.3) is 15.9 Å². The van der Waals surface area contributed by atoms with Crippen molar-refractivity contribution in [3.05, 3.63) is 60.2 Å². The first-order valence-corrected chi connectivity index (χ1v) is 8.98. The first-order valence-electron chi connectivity index (χ1n) is 7.09. The second kappa shape index (κ2) is 7.86. The van der Waals surface area contributed by atoms with Gasteiger partial charge < -0.3 is 5.32 Å². The quantitative estimate of drug-likeness (QED) is 0.700. The third kappa shape index (κ3) is 5.37. The minimum atomic E-state index is -3.89. The molecule has 2 amide bonds. The molecule has 0 atom stereocenters. The van der Waals surface area contributed by atoms with Crippen molar-refractivity contribution in [3.63, 3.8) is 0 Å². The number of amides is 2. The molecule has 0 bridgehead atoms. The van der Waals surface area contributed by atoms with Crippen LogP contribution in [-0.4, -0.2) is 25.3 Å². The predicted molar refractivity (Wildman–Crippen MR) is 97.6 cm³/mol. The van der Waals surface area contributed by atoms with Crippen molar-refractivity contribution in [3.8, 4) is 0 Å². The minimum absolute atomic E-state index is 0.0625. The summed E-state index contributed by atoms with van der Waals surface area (Å²) in [5.74, 6) is -1.03. The summed E-state index contributed by atoms with van der Waals surface area (Å²) in [4.78, 5) is 22.8. The lowest BCUT2D eigenvalue weighted by atomic mass is 10.2. The molecule has 2 aromatic rings. The van der Waals surface area contributed by atoms with Crippen molar-refractivity contribution in [2.24, 2.45) is 0 Å². The van der Waals surface area contributed by atoms with Crippen LogP contribution in [0.1, 0.15) is 17.3 Å².